The molecule has 0 aliphatic heterocycles. The molecule has 50 valence electrons. The highest BCUT2D eigenvalue weighted by molar-refractivity contribution is 7.98. The van der Waals surface area contributed by atoms with Crippen molar-refractivity contribution in [2.24, 2.45) is 11.7 Å². The average Bonchev–Trinajstić information content (AvgIpc) is 1.67. The van der Waals surface area contributed by atoms with Gasteiger partial charge in [-0.2, -0.15) is 11.8 Å². The van der Waals surface area contributed by atoms with E-state index in [2.05, 4.69) is 0 Å². The number of aliphatic hydroxyl groups is 1. The van der Waals surface area contributed by atoms with Gasteiger partial charge in [-0.15, -0.1) is 0 Å². The SMILES string of the molecule is CSCC(C)C(N)O. The van der Waals surface area contributed by atoms with Crippen molar-refractivity contribution >= 4 is 11.8 Å². The van der Waals surface area contributed by atoms with Crippen molar-refractivity contribution in [2.45, 2.75) is 13.2 Å². The van der Waals surface area contributed by atoms with Gasteiger partial charge in [0.25, 0.3) is 0 Å². The molecule has 0 aromatic heterocycles. The molecule has 3 heteroatoms. The molecule has 0 spiro atoms. The summed E-state index contributed by atoms with van der Waals surface area (Å²) in [4.78, 5) is 0. The molecular weight excluding hydrogens is 122 g/mol. The molecule has 0 aliphatic carbocycles. The standard InChI is InChI=1S/C5H13NOS/c1-4(3-8-2)5(6)7/h4-5,7H,3,6H2,1-2H3. The van der Waals surface area contributed by atoms with Gasteiger partial charge in [-0.3, -0.25) is 0 Å². The molecule has 0 amide bonds. The van der Waals surface area contributed by atoms with Crippen LogP contribution in [-0.2, 0) is 0 Å². The van der Waals surface area contributed by atoms with E-state index < -0.39 is 6.23 Å². The first-order chi connectivity index (χ1) is 3.68. The Balaban J connectivity index is 3.17. The number of nitrogens with two attached hydrogens (primary N) is 1. The van der Waals surface area contributed by atoms with Gasteiger partial charge in [0.15, 0.2) is 0 Å². The first kappa shape index (κ1) is 8.27. The molecule has 8 heavy (non-hydrogen) atoms. The summed E-state index contributed by atoms with van der Waals surface area (Å²) in [6, 6.07) is 0. The van der Waals surface area contributed by atoms with Gasteiger partial charge in [0.05, 0.1) is 0 Å². The maximum absolute atomic E-state index is 8.72. The Bertz CT molecular complexity index is 58.4. The molecule has 2 nitrogen and oxygen atoms in total. The van der Waals surface area contributed by atoms with Gasteiger partial charge in [-0.25, -0.2) is 0 Å². The number of aliphatic hydroxyl groups excluding tert-OH is 1. The van der Waals surface area contributed by atoms with E-state index in [1.165, 1.54) is 0 Å². The van der Waals surface area contributed by atoms with E-state index in [1.54, 1.807) is 11.8 Å². The van der Waals surface area contributed by atoms with E-state index in [1.807, 2.05) is 13.2 Å². The first-order valence-electron chi connectivity index (χ1n) is 2.61. The van der Waals surface area contributed by atoms with Gasteiger partial charge in [-0.05, 0) is 12.0 Å². The van der Waals surface area contributed by atoms with Crippen molar-refractivity contribution in [1.29, 1.82) is 0 Å². The summed E-state index contributed by atoms with van der Waals surface area (Å²) in [6.07, 6.45) is 1.35. The van der Waals surface area contributed by atoms with Crippen molar-refractivity contribution < 1.29 is 5.11 Å². The molecule has 0 heterocycles. The highest BCUT2D eigenvalue weighted by atomic mass is 32.2. The normalized spacial score (nSPS) is 18.0. The molecule has 0 saturated carbocycles. The van der Waals surface area contributed by atoms with E-state index in [9.17, 15) is 0 Å². The summed E-state index contributed by atoms with van der Waals surface area (Å²) in [6.45, 7) is 1.93. The molecule has 0 saturated heterocycles. The van der Waals surface area contributed by atoms with Crippen LogP contribution in [0.25, 0.3) is 0 Å². The number of thioether (sulfide) groups is 1. The third-order valence-corrected chi connectivity index (χ3v) is 1.87. The molecule has 0 aromatic rings. The molecule has 0 aromatic carbocycles. The van der Waals surface area contributed by atoms with Crippen molar-refractivity contribution in [3.05, 3.63) is 0 Å². The topological polar surface area (TPSA) is 46.2 Å². The largest absolute Gasteiger partial charge is 0.379 e. The fourth-order valence-electron chi connectivity index (χ4n) is 0.361. The lowest BCUT2D eigenvalue weighted by Crippen LogP contribution is -2.28. The van der Waals surface area contributed by atoms with Crippen LogP contribution >= 0.6 is 11.8 Å². The second-order valence-electron chi connectivity index (χ2n) is 1.92. The summed E-state index contributed by atoms with van der Waals surface area (Å²) >= 11 is 1.70. The van der Waals surface area contributed by atoms with Crippen LogP contribution in [0.3, 0.4) is 0 Å². The molecule has 0 bridgehead atoms. The Kier molecular flexibility index (Phi) is 4.32. The van der Waals surface area contributed by atoms with E-state index >= 15 is 0 Å². The van der Waals surface area contributed by atoms with Crippen molar-refractivity contribution in [3.8, 4) is 0 Å². The minimum atomic E-state index is -0.651. The molecule has 2 unspecified atom stereocenters. The maximum atomic E-state index is 8.72. The van der Waals surface area contributed by atoms with Crippen LogP contribution in [0.15, 0.2) is 0 Å². The lowest BCUT2D eigenvalue weighted by Gasteiger charge is -2.11. The molecule has 0 radical (unpaired) electrons. The van der Waals surface area contributed by atoms with E-state index in [0.29, 0.717) is 0 Å². The summed E-state index contributed by atoms with van der Waals surface area (Å²) in [5.41, 5.74) is 5.16. The van der Waals surface area contributed by atoms with Crippen molar-refractivity contribution in [1.82, 2.24) is 0 Å². The lowest BCUT2D eigenvalue weighted by molar-refractivity contribution is 0.134. The van der Waals surface area contributed by atoms with Crippen LogP contribution in [-0.4, -0.2) is 23.3 Å². The van der Waals surface area contributed by atoms with Crippen LogP contribution < -0.4 is 5.73 Å². The molecule has 2 atom stereocenters. The highest BCUT2D eigenvalue weighted by Crippen LogP contribution is 2.04. The zero-order valence-corrected chi connectivity index (χ0v) is 6.11. The van der Waals surface area contributed by atoms with Gasteiger partial charge in [0.1, 0.15) is 6.23 Å². The summed E-state index contributed by atoms with van der Waals surface area (Å²) in [5.74, 6) is 1.14. The minimum absolute atomic E-state index is 0.213. The Hall–Kier alpha value is 0.270. The fourth-order valence-corrected chi connectivity index (χ4v) is 1.08. The van der Waals surface area contributed by atoms with Gasteiger partial charge in [0.2, 0.25) is 0 Å². The fraction of sp³-hybridized carbons (Fsp3) is 1.00. The quantitative estimate of drug-likeness (QED) is 0.546. The summed E-state index contributed by atoms with van der Waals surface area (Å²) in [7, 11) is 0. The summed E-state index contributed by atoms with van der Waals surface area (Å²) < 4.78 is 0. The third kappa shape index (κ3) is 3.29. The van der Waals surface area contributed by atoms with Gasteiger partial charge >= 0.3 is 0 Å². The number of hydrogen-bond acceptors (Lipinski definition) is 3. The monoisotopic (exact) mass is 135 g/mol. The lowest BCUT2D eigenvalue weighted by atomic mass is 10.2. The molecule has 3 N–H and O–H groups in total. The number of rotatable bonds is 3. The second kappa shape index (κ2) is 4.18. The predicted octanol–water partition coefficient (Wildman–Crippen LogP) is 0.263. The average molecular weight is 135 g/mol. The zero-order chi connectivity index (χ0) is 6.57. The second-order valence-corrected chi connectivity index (χ2v) is 2.83. The maximum Gasteiger partial charge on any atom is 0.105 e. The predicted molar refractivity (Wildman–Crippen MR) is 37.7 cm³/mol. The van der Waals surface area contributed by atoms with Crippen molar-refractivity contribution in [2.75, 3.05) is 12.0 Å². The highest BCUT2D eigenvalue weighted by Gasteiger charge is 2.06. The van der Waals surface area contributed by atoms with Gasteiger partial charge < -0.3 is 10.8 Å². The smallest absolute Gasteiger partial charge is 0.105 e. The van der Waals surface area contributed by atoms with Crippen LogP contribution in [0.4, 0.5) is 0 Å². The Morgan fingerprint density at radius 2 is 2.25 bits per heavy atom. The van der Waals surface area contributed by atoms with E-state index in [4.69, 9.17) is 10.8 Å². The van der Waals surface area contributed by atoms with Gasteiger partial charge in [0, 0.05) is 5.92 Å². The van der Waals surface area contributed by atoms with E-state index in [0.717, 1.165) is 5.75 Å². The molecule has 0 fully saturated rings. The van der Waals surface area contributed by atoms with Crippen LogP contribution in [0.5, 0.6) is 0 Å². The molecule has 0 aliphatic rings. The third-order valence-electron chi connectivity index (χ3n) is 1.01. The number of hydrogen-bond donors (Lipinski definition) is 2. The van der Waals surface area contributed by atoms with Crippen LogP contribution in [0.1, 0.15) is 6.92 Å². The van der Waals surface area contributed by atoms with Crippen LogP contribution in [0, 0.1) is 5.92 Å². The Morgan fingerprint density at radius 3 is 2.38 bits per heavy atom. The minimum Gasteiger partial charge on any atom is -0.379 e. The molecule has 0 rings (SSSR count). The first-order valence-corrected chi connectivity index (χ1v) is 4.00. The van der Waals surface area contributed by atoms with Gasteiger partial charge in [-0.1, -0.05) is 6.92 Å². The Labute approximate surface area is 54.5 Å². The van der Waals surface area contributed by atoms with Crippen LogP contribution in [0.2, 0.25) is 0 Å². The van der Waals surface area contributed by atoms with Crippen molar-refractivity contribution in [3.63, 3.8) is 0 Å². The Morgan fingerprint density at radius 1 is 1.75 bits per heavy atom. The summed E-state index contributed by atoms with van der Waals surface area (Å²) in [5, 5.41) is 8.72. The molecular formula is C5H13NOS. The van der Waals surface area contributed by atoms with E-state index in [-0.39, 0.29) is 5.92 Å². The zero-order valence-electron chi connectivity index (χ0n) is 5.29.